The molecular weight excluding hydrogens is 186 g/mol. The van der Waals surface area contributed by atoms with Crippen molar-refractivity contribution >= 4 is 0 Å². The summed E-state index contributed by atoms with van der Waals surface area (Å²) in [5.41, 5.74) is 5.60. The second kappa shape index (κ2) is 8.08. The molecule has 0 aliphatic heterocycles. The molecule has 3 N–H and O–H groups in total. The second-order valence-corrected chi connectivity index (χ2v) is 4.65. The Bertz CT molecular complexity index is 144. The van der Waals surface area contributed by atoms with Crippen LogP contribution < -0.4 is 11.1 Å². The molecular formula is C12H29N3. The maximum absolute atomic E-state index is 5.60. The van der Waals surface area contributed by atoms with Gasteiger partial charge in [-0.15, -0.1) is 0 Å². The van der Waals surface area contributed by atoms with E-state index in [1.807, 2.05) is 0 Å². The average Bonchev–Trinajstić information content (AvgIpc) is 2.23. The largest absolute Gasteiger partial charge is 0.329 e. The molecule has 0 aromatic heterocycles. The minimum absolute atomic E-state index is 0.418. The topological polar surface area (TPSA) is 41.3 Å². The van der Waals surface area contributed by atoms with Gasteiger partial charge in [0, 0.05) is 25.2 Å². The molecule has 15 heavy (non-hydrogen) atoms. The van der Waals surface area contributed by atoms with Gasteiger partial charge < -0.3 is 16.0 Å². The zero-order valence-electron chi connectivity index (χ0n) is 11.1. The van der Waals surface area contributed by atoms with Gasteiger partial charge >= 0.3 is 0 Å². The van der Waals surface area contributed by atoms with Crippen LogP contribution >= 0.6 is 0 Å². The first kappa shape index (κ1) is 14.9. The van der Waals surface area contributed by atoms with Gasteiger partial charge in [0.25, 0.3) is 0 Å². The van der Waals surface area contributed by atoms with E-state index in [4.69, 9.17) is 5.73 Å². The lowest BCUT2D eigenvalue weighted by Crippen LogP contribution is -2.46. The van der Waals surface area contributed by atoms with Gasteiger partial charge in [-0.3, -0.25) is 0 Å². The third-order valence-corrected chi connectivity index (χ3v) is 3.29. The van der Waals surface area contributed by atoms with Gasteiger partial charge in [0.2, 0.25) is 0 Å². The molecule has 0 amide bonds. The molecule has 0 radical (unpaired) electrons. The number of likely N-dealkylation sites (N-methyl/N-ethyl adjacent to an activating group) is 1. The van der Waals surface area contributed by atoms with Crippen molar-refractivity contribution in [2.75, 3.05) is 27.2 Å². The van der Waals surface area contributed by atoms with E-state index < -0.39 is 0 Å². The summed E-state index contributed by atoms with van der Waals surface area (Å²) in [6.45, 7) is 8.44. The summed E-state index contributed by atoms with van der Waals surface area (Å²) < 4.78 is 0. The Morgan fingerprint density at radius 3 is 2.07 bits per heavy atom. The van der Waals surface area contributed by atoms with Crippen molar-refractivity contribution in [1.29, 1.82) is 0 Å². The van der Waals surface area contributed by atoms with Crippen molar-refractivity contribution in [3.05, 3.63) is 0 Å². The fraction of sp³-hybridized carbons (Fsp3) is 1.00. The number of hydrogen-bond acceptors (Lipinski definition) is 3. The maximum Gasteiger partial charge on any atom is 0.0242 e. The number of nitrogens with one attached hydrogen (secondary N) is 1. The first-order valence-corrected chi connectivity index (χ1v) is 6.16. The van der Waals surface area contributed by atoms with E-state index >= 15 is 0 Å². The quantitative estimate of drug-likeness (QED) is 0.641. The molecule has 0 bridgehead atoms. The molecule has 0 aliphatic rings. The minimum atomic E-state index is 0.418. The highest BCUT2D eigenvalue weighted by Crippen LogP contribution is 2.16. The lowest BCUT2D eigenvalue weighted by atomic mass is 9.93. The Morgan fingerprint density at radius 2 is 1.73 bits per heavy atom. The van der Waals surface area contributed by atoms with Crippen molar-refractivity contribution in [2.45, 2.75) is 45.7 Å². The summed E-state index contributed by atoms with van der Waals surface area (Å²) in [4.78, 5) is 2.33. The van der Waals surface area contributed by atoms with Crippen molar-refractivity contribution in [1.82, 2.24) is 10.2 Å². The summed E-state index contributed by atoms with van der Waals surface area (Å²) >= 11 is 0. The van der Waals surface area contributed by atoms with Crippen LogP contribution in [0.15, 0.2) is 0 Å². The summed E-state index contributed by atoms with van der Waals surface area (Å²) in [5, 5.41) is 3.50. The number of hydrogen-bond donors (Lipinski definition) is 2. The van der Waals surface area contributed by atoms with Gasteiger partial charge in [-0.25, -0.2) is 0 Å². The van der Waals surface area contributed by atoms with Crippen LogP contribution in [-0.4, -0.2) is 44.2 Å². The second-order valence-electron chi connectivity index (χ2n) is 4.65. The van der Waals surface area contributed by atoms with Crippen molar-refractivity contribution in [3.8, 4) is 0 Å². The van der Waals surface area contributed by atoms with E-state index in [0.29, 0.717) is 18.6 Å². The number of nitrogens with zero attached hydrogens (tertiary/aromatic N) is 1. The molecule has 92 valence electrons. The third kappa shape index (κ3) is 5.50. The predicted molar refractivity (Wildman–Crippen MR) is 68.1 cm³/mol. The van der Waals surface area contributed by atoms with E-state index in [2.05, 4.69) is 45.1 Å². The first-order valence-electron chi connectivity index (χ1n) is 6.16. The molecule has 3 nitrogen and oxygen atoms in total. The highest BCUT2D eigenvalue weighted by Gasteiger charge is 2.20. The lowest BCUT2D eigenvalue weighted by molar-refractivity contribution is 0.190. The van der Waals surface area contributed by atoms with Crippen molar-refractivity contribution in [3.63, 3.8) is 0 Å². The smallest absolute Gasteiger partial charge is 0.0242 e. The zero-order valence-corrected chi connectivity index (χ0v) is 11.1. The summed E-state index contributed by atoms with van der Waals surface area (Å²) in [6.07, 6.45) is 2.50. The standard InChI is InChI=1S/C12H29N3/c1-6-11(7-2)12(15(4)5)9-14-10(3)8-13/h10-12,14H,6-9,13H2,1-5H3. The van der Waals surface area contributed by atoms with Crippen LogP contribution in [0.25, 0.3) is 0 Å². The Kier molecular flexibility index (Phi) is 8.02. The monoisotopic (exact) mass is 215 g/mol. The molecule has 0 fully saturated rings. The van der Waals surface area contributed by atoms with Crippen LogP contribution in [0.1, 0.15) is 33.6 Å². The molecule has 2 unspecified atom stereocenters. The Labute approximate surface area is 95.4 Å². The molecule has 2 atom stereocenters. The Morgan fingerprint density at radius 1 is 1.20 bits per heavy atom. The predicted octanol–water partition coefficient (Wildman–Crippen LogP) is 1.29. The van der Waals surface area contributed by atoms with Crippen LogP contribution in [-0.2, 0) is 0 Å². The summed E-state index contributed by atoms with van der Waals surface area (Å²) in [7, 11) is 4.33. The number of nitrogens with two attached hydrogens (primary N) is 1. The number of rotatable bonds is 8. The van der Waals surface area contributed by atoms with Gasteiger partial charge in [-0.2, -0.15) is 0 Å². The minimum Gasteiger partial charge on any atom is -0.329 e. The summed E-state index contributed by atoms with van der Waals surface area (Å²) in [6, 6.07) is 1.04. The molecule has 0 aromatic rings. The Hall–Kier alpha value is -0.120. The molecule has 0 saturated carbocycles. The first-order chi connectivity index (χ1) is 7.06. The maximum atomic E-state index is 5.60. The molecule has 0 spiro atoms. The van der Waals surface area contributed by atoms with Gasteiger partial charge in [0.1, 0.15) is 0 Å². The van der Waals surface area contributed by atoms with Crippen LogP contribution in [0.2, 0.25) is 0 Å². The SMILES string of the molecule is CCC(CC)C(CNC(C)CN)N(C)C. The van der Waals surface area contributed by atoms with Crippen molar-refractivity contribution < 1.29 is 0 Å². The highest BCUT2D eigenvalue weighted by atomic mass is 15.1. The average molecular weight is 215 g/mol. The van der Waals surface area contributed by atoms with E-state index in [9.17, 15) is 0 Å². The zero-order chi connectivity index (χ0) is 11.8. The fourth-order valence-corrected chi connectivity index (χ4v) is 2.01. The highest BCUT2D eigenvalue weighted by molar-refractivity contribution is 4.78. The lowest BCUT2D eigenvalue weighted by Gasteiger charge is -2.32. The third-order valence-electron chi connectivity index (χ3n) is 3.29. The van der Waals surface area contributed by atoms with E-state index in [1.54, 1.807) is 0 Å². The van der Waals surface area contributed by atoms with Crippen molar-refractivity contribution in [2.24, 2.45) is 11.7 Å². The van der Waals surface area contributed by atoms with Gasteiger partial charge in [-0.05, 0) is 26.9 Å². The van der Waals surface area contributed by atoms with Gasteiger partial charge in [0.05, 0.1) is 0 Å². The van der Waals surface area contributed by atoms with Crippen LogP contribution in [0.5, 0.6) is 0 Å². The molecule has 0 aliphatic carbocycles. The van der Waals surface area contributed by atoms with Crippen LogP contribution in [0.3, 0.4) is 0 Å². The van der Waals surface area contributed by atoms with E-state index in [-0.39, 0.29) is 0 Å². The molecule has 3 heteroatoms. The fourth-order valence-electron chi connectivity index (χ4n) is 2.01. The van der Waals surface area contributed by atoms with E-state index in [1.165, 1.54) is 12.8 Å². The van der Waals surface area contributed by atoms with Gasteiger partial charge in [0.15, 0.2) is 0 Å². The molecule has 0 saturated heterocycles. The van der Waals surface area contributed by atoms with Crippen LogP contribution in [0.4, 0.5) is 0 Å². The molecule has 0 heterocycles. The van der Waals surface area contributed by atoms with Crippen LogP contribution in [0, 0.1) is 5.92 Å². The van der Waals surface area contributed by atoms with Gasteiger partial charge in [-0.1, -0.05) is 26.7 Å². The normalized spacial score (nSPS) is 16.0. The molecule has 0 aromatic carbocycles. The van der Waals surface area contributed by atoms with E-state index in [0.717, 1.165) is 12.5 Å². The summed E-state index contributed by atoms with van der Waals surface area (Å²) in [5.74, 6) is 0.775. The Balaban J connectivity index is 4.14. The molecule has 0 rings (SSSR count).